The van der Waals surface area contributed by atoms with E-state index in [1.54, 1.807) is 0 Å². The molecule has 2 nitrogen and oxygen atoms in total. The third-order valence-corrected chi connectivity index (χ3v) is 2.99. The lowest BCUT2D eigenvalue weighted by Gasteiger charge is -2.36. The van der Waals surface area contributed by atoms with Gasteiger partial charge in [0.05, 0.1) is 0 Å². The molecule has 2 heteroatoms. The molecule has 0 aromatic rings. The quantitative estimate of drug-likeness (QED) is 0.611. The molecule has 1 spiro atoms. The third-order valence-electron chi connectivity index (χ3n) is 2.99. The first-order chi connectivity index (χ1) is 5.22. The van der Waals surface area contributed by atoms with E-state index >= 15 is 0 Å². The fourth-order valence-electron chi connectivity index (χ4n) is 1.91. The zero-order valence-corrected chi connectivity index (χ0v) is 7.56. The summed E-state index contributed by atoms with van der Waals surface area (Å²) in [4.78, 5) is 2.59. The molecule has 0 aromatic carbocycles. The Morgan fingerprint density at radius 2 is 2.18 bits per heavy atom. The lowest BCUT2D eigenvalue weighted by atomic mass is 10.1. The van der Waals surface area contributed by atoms with Crippen molar-refractivity contribution in [2.75, 3.05) is 19.6 Å². The van der Waals surface area contributed by atoms with Crippen molar-refractivity contribution in [1.82, 2.24) is 10.2 Å². The summed E-state index contributed by atoms with van der Waals surface area (Å²) in [7, 11) is 0. The van der Waals surface area contributed by atoms with E-state index in [0.717, 1.165) is 6.04 Å². The van der Waals surface area contributed by atoms with Gasteiger partial charge in [-0.15, -0.1) is 0 Å². The maximum Gasteiger partial charge on any atom is 0.0310 e. The lowest BCUT2D eigenvalue weighted by Crippen LogP contribution is -2.54. The minimum Gasteiger partial charge on any atom is -0.309 e. The Hall–Kier alpha value is -0.0800. The zero-order valence-electron chi connectivity index (χ0n) is 7.56. The number of hydrogen-bond donors (Lipinski definition) is 1. The summed E-state index contributed by atoms with van der Waals surface area (Å²) in [6.07, 6.45) is 2.80. The van der Waals surface area contributed by atoms with Crippen molar-refractivity contribution in [3.8, 4) is 0 Å². The first-order valence-corrected chi connectivity index (χ1v) is 4.71. The van der Waals surface area contributed by atoms with Gasteiger partial charge in [0.15, 0.2) is 0 Å². The predicted octanol–water partition coefficient (Wildman–Crippen LogP) is 1.08. The van der Waals surface area contributed by atoms with Crippen molar-refractivity contribution in [3.63, 3.8) is 0 Å². The SMILES string of the molecule is CC(C)N1CCNC2(CC2)C1.[HH]. The third kappa shape index (κ3) is 1.42. The highest BCUT2D eigenvalue weighted by Crippen LogP contribution is 2.37. The smallest absolute Gasteiger partial charge is 0.0310 e. The van der Waals surface area contributed by atoms with Gasteiger partial charge >= 0.3 is 0 Å². The molecule has 2 rings (SSSR count). The summed E-state index contributed by atoms with van der Waals surface area (Å²) >= 11 is 0. The second kappa shape index (κ2) is 2.46. The van der Waals surface area contributed by atoms with Gasteiger partial charge in [-0.1, -0.05) is 0 Å². The minimum absolute atomic E-state index is 0. The maximum atomic E-state index is 3.61. The molecule has 1 N–H and O–H groups in total. The molecule has 11 heavy (non-hydrogen) atoms. The molecule has 0 bridgehead atoms. The van der Waals surface area contributed by atoms with Crippen LogP contribution in [0.25, 0.3) is 0 Å². The first-order valence-electron chi connectivity index (χ1n) is 4.71. The van der Waals surface area contributed by atoms with E-state index in [4.69, 9.17) is 0 Å². The van der Waals surface area contributed by atoms with Crippen molar-refractivity contribution in [2.24, 2.45) is 0 Å². The molecule has 2 aliphatic rings. The van der Waals surface area contributed by atoms with Crippen molar-refractivity contribution in [1.29, 1.82) is 0 Å². The van der Waals surface area contributed by atoms with Gasteiger partial charge in [-0.05, 0) is 26.7 Å². The molecule has 0 atom stereocenters. The Balaban J connectivity index is 0.000000720. The highest BCUT2D eigenvalue weighted by atomic mass is 15.3. The average Bonchev–Trinajstić information content (AvgIpc) is 2.69. The Morgan fingerprint density at radius 3 is 2.73 bits per heavy atom. The number of hydrogen-bond acceptors (Lipinski definition) is 2. The number of rotatable bonds is 1. The molecule has 2 fully saturated rings. The molecule has 1 aliphatic carbocycles. The van der Waals surface area contributed by atoms with Gasteiger partial charge < -0.3 is 5.32 Å². The summed E-state index contributed by atoms with van der Waals surface area (Å²) in [5.41, 5.74) is 0.558. The van der Waals surface area contributed by atoms with E-state index in [0.29, 0.717) is 5.54 Å². The highest BCUT2D eigenvalue weighted by Gasteiger charge is 2.45. The van der Waals surface area contributed by atoms with Crippen LogP contribution in [0.1, 0.15) is 28.1 Å². The van der Waals surface area contributed by atoms with Crippen LogP contribution in [0.4, 0.5) is 0 Å². The summed E-state index contributed by atoms with van der Waals surface area (Å²) < 4.78 is 0. The molecule has 0 amide bonds. The maximum absolute atomic E-state index is 3.61. The first kappa shape index (κ1) is 7.56. The fraction of sp³-hybridized carbons (Fsp3) is 1.00. The monoisotopic (exact) mass is 156 g/mol. The molecular formula is C9H20N2. The Morgan fingerprint density at radius 1 is 1.45 bits per heavy atom. The second-order valence-electron chi connectivity index (χ2n) is 4.27. The van der Waals surface area contributed by atoms with Crippen molar-refractivity contribution in [3.05, 3.63) is 0 Å². The summed E-state index contributed by atoms with van der Waals surface area (Å²) in [5.74, 6) is 0. The van der Waals surface area contributed by atoms with Crippen molar-refractivity contribution in [2.45, 2.75) is 38.3 Å². The lowest BCUT2D eigenvalue weighted by molar-refractivity contribution is 0.153. The zero-order chi connectivity index (χ0) is 7.90. The normalized spacial score (nSPS) is 29.7. The molecule has 1 saturated carbocycles. The molecule has 1 saturated heterocycles. The van der Waals surface area contributed by atoms with E-state index < -0.39 is 0 Å². The van der Waals surface area contributed by atoms with Crippen LogP contribution >= 0.6 is 0 Å². The molecule has 1 heterocycles. The van der Waals surface area contributed by atoms with Crippen LogP contribution in [0.5, 0.6) is 0 Å². The van der Waals surface area contributed by atoms with Crippen LogP contribution in [-0.4, -0.2) is 36.1 Å². The molecule has 0 aromatic heterocycles. The predicted molar refractivity (Wildman–Crippen MR) is 48.8 cm³/mol. The van der Waals surface area contributed by atoms with E-state index in [9.17, 15) is 0 Å². The Bertz CT molecular complexity index is 155. The van der Waals surface area contributed by atoms with Crippen LogP contribution in [0, 0.1) is 0 Å². The van der Waals surface area contributed by atoms with Gasteiger partial charge in [0.1, 0.15) is 0 Å². The van der Waals surface area contributed by atoms with Gasteiger partial charge in [0, 0.05) is 32.6 Å². The van der Waals surface area contributed by atoms with Crippen LogP contribution in [0.3, 0.4) is 0 Å². The van der Waals surface area contributed by atoms with E-state index in [-0.39, 0.29) is 1.43 Å². The summed E-state index contributed by atoms with van der Waals surface area (Å²) in [5, 5.41) is 3.61. The average molecular weight is 156 g/mol. The standard InChI is InChI=1S/C9H18N2.H2/c1-8(2)11-6-5-10-9(7-11)3-4-9;/h8,10H,3-7H2,1-2H3;1H. The second-order valence-corrected chi connectivity index (χ2v) is 4.27. The number of nitrogens with zero attached hydrogens (tertiary/aromatic N) is 1. The fourth-order valence-corrected chi connectivity index (χ4v) is 1.91. The number of nitrogens with one attached hydrogen (secondary N) is 1. The van der Waals surface area contributed by atoms with Gasteiger partial charge in [0.25, 0.3) is 0 Å². The van der Waals surface area contributed by atoms with Gasteiger partial charge in [-0.3, -0.25) is 4.90 Å². The summed E-state index contributed by atoms with van der Waals surface area (Å²) in [6, 6.07) is 0.731. The molecule has 1 aliphatic heterocycles. The highest BCUT2D eigenvalue weighted by molar-refractivity contribution is 5.06. The number of piperazine rings is 1. The van der Waals surface area contributed by atoms with Crippen molar-refractivity contribution < 1.29 is 1.43 Å². The van der Waals surface area contributed by atoms with E-state index in [1.807, 2.05) is 0 Å². The Labute approximate surface area is 70.4 Å². The van der Waals surface area contributed by atoms with E-state index in [1.165, 1.54) is 32.5 Å². The van der Waals surface area contributed by atoms with Crippen LogP contribution in [0.15, 0.2) is 0 Å². The topological polar surface area (TPSA) is 15.3 Å². The molecule has 66 valence electrons. The van der Waals surface area contributed by atoms with Gasteiger partial charge in [0.2, 0.25) is 0 Å². The summed E-state index contributed by atoms with van der Waals surface area (Å²) in [6.45, 7) is 8.30. The van der Waals surface area contributed by atoms with Crippen molar-refractivity contribution >= 4 is 0 Å². The van der Waals surface area contributed by atoms with Gasteiger partial charge in [-0.25, -0.2) is 0 Å². The molecule has 0 radical (unpaired) electrons. The van der Waals surface area contributed by atoms with Crippen LogP contribution in [0.2, 0.25) is 0 Å². The van der Waals surface area contributed by atoms with E-state index in [2.05, 4.69) is 24.1 Å². The van der Waals surface area contributed by atoms with Gasteiger partial charge in [-0.2, -0.15) is 0 Å². The minimum atomic E-state index is 0. The molecule has 0 unspecified atom stereocenters. The van der Waals surface area contributed by atoms with Crippen LogP contribution in [-0.2, 0) is 0 Å². The Kier molecular flexibility index (Phi) is 1.69. The largest absolute Gasteiger partial charge is 0.309 e. The molecular weight excluding hydrogens is 136 g/mol. The van der Waals surface area contributed by atoms with Crippen LogP contribution < -0.4 is 5.32 Å².